The molecule has 4 aromatic rings. The highest BCUT2D eigenvalue weighted by atomic mass is 19.2. The lowest BCUT2D eigenvalue weighted by Gasteiger charge is -2.19. The van der Waals surface area contributed by atoms with Crippen molar-refractivity contribution < 1.29 is 13.3 Å². The molecule has 6 nitrogen and oxygen atoms in total. The normalized spacial score (nSPS) is 15.1. The molecule has 0 saturated heterocycles. The van der Waals surface area contributed by atoms with E-state index in [1.165, 1.54) is 37.8 Å². The monoisotopic (exact) mass is 483 g/mol. The van der Waals surface area contributed by atoms with Crippen LogP contribution in [0.3, 0.4) is 0 Å². The number of H-pyrrole nitrogens is 1. The molecular formula is C28H23F2N5O. The van der Waals surface area contributed by atoms with E-state index in [-0.39, 0.29) is 11.4 Å². The lowest BCUT2D eigenvalue weighted by molar-refractivity contribution is 0.229. The van der Waals surface area contributed by atoms with Gasteiger partial charge < -0.3 is 9.51 Å². The Kier molecular flexibility index (Phi) is 5.82. The lowest BCUT2D eigenvalue weighted by Crippen LogP contribution is -2.21. The average molecular weight is 484 g/mol. The summed E-state index contributed by atoms with van der Waals surface area (Å²) in [6.45, 7) is 0.816. The number of benzene rings is 2. The molecule has 3 heterocycles. The summed E-state index contributed by atoms with van der Waals surface area (Å²) in [5.41, 5.74) is 4.14. The van der Waals surface area contributed by atoms with Crippen LogP contribution in [0.4, 0.5) is 8.78 Å². The van der Waals surface area contributed by atoms with E-state index < -0.39 is 11.6 Å². The van der Waals surface area contributed by atoms with E-state index in [9.17, 15) is 8.78 Å². The van der Waals surface area contributed by atoms with Gasteiger partial charge in [-0.05, 0) is 37.1 Å². The molecule has 2 aromatic carbocycles. The van der Waals surface area contributed by atoms with Gasteiger partial charge in [0, 0.05) is 23.1 Å². The maximum Gasteiger partial charge on any atom is 0.169 e. The lowest BCUT2D eigenvalue weighted by atomic mass is 10.1. The summed E-state index contributed by atoms with van der Waals surface area (Å²) in [7, 11) is 0. The van der Waals surface area contributed by atoms with Crippen molar-refractivity contribution in [2.75, 3.05) is 0 Å². The maximum absolute atomic E-state index is 14.2. The molecule has 0 atom stereocenters. The van der Waals surface area contributed by atoms with Crippen LogP contribution >= 0.6 is 0 Å². The minimum absolute atomic E-state index is 0.0831. The number of aromatic amines is 1. The van der Waals surface area contributed by atoms with Crippen LogP contribution in [-0.4, -0.2) is 26.3 Å². The summed E-state index contributed by atoms with van der Waals surface area (Å²) in [6.07, 6.45) is 6.59. The number of halogens is 2. The first-order chi connectivity index (χ1) is 17.6. The van der Waals surface area contributed by atoms with E-state index >= 15 is 0 Å². The number of hydrogen-bond donors (Lipinski definition) is 1. The van der Waals surface area contributed by atoms with Gasteiger partial charge in [0.05, 0.1) is 30.6 Å². The van der Waals surface area contributed by atoms with E-state index in [2.05, 4.69) is 32.1 Å². The molecule has 1 N–H and O–H groups in total. The molecule has 1 aliphatic carbocycles. The van der Waals surface area contributed by atoms with Crippen LogP contribution in [0, 0.1) is 29.4 Å². The second-order valence-electron chi connectivity index (χ2n) is 9.12. The van der Waals surface area contributed by atoms with Crippen molar-refractivity contribution in [1.29, 1.82) is 0 Å². The van der Waals surface area contributed by atoms with E-state index in [1.54, 1.807) is 11.2 Å². The molecule has 1 saturated carbocycles. The van der Waals surface area contributed by atoms with Crippen molar-refractivity contribution >= 4 is 6.21 Å². The topological polar surface area (TPSA) is 70.3 Å². The molecule has 1 aliphatic heterocycles. The second-order valence-corrected chi connectivity index (χ2v) is 9.12. The summed E-state index contributed by atoms with van der Waals surface area (Å²) in [6, 6.07) is 13.9. The standard InChI is InChI=1S/C28H23F2N5O/c29-23-7-3-6-22(27(23)30)28-32-25-15-31-35(17-26(25)33-28)16-21-14-24(34-36-21)20-12-10-19(11-13-20)9-8-18-4-1-2-5-18/h3,6-7,10-15,18H,1-2,4-5,16-17H2,(H,32,33). The van der Waals surface area contributed by atoms with Crippen LogP contribution < -0.4 is 0 Å². The van der Waals surface area contributed by atoms with Crippen molar-refractivity contribution in [3.05, 3.63) is 82.9 Å². The van der Waals surface area contributed by atoms with E-state index in [0.29, 0.717) is 30.5 Å². The zero-order valence-corrected chi connectivity index (χ0v) is 19.5. The Bertz CT molecular complexity index is 1490. The zero-order chi connectivity index (χ0) is 24.5. The zero-order valence-electron chi connectivity index (χ0n) is 19.5. The third kappa shape index (κ3) is 4.52. The minimum atomic E-state index is -0.930. The van der Waals surface area contributed by atoms with Gasteiger partial charge in [-0.3, -0.25) is 5.01 Å². The fourth-order valence-corrected chi connectivity index (χ4v) is 4.60. The molecule has 0 spiro atoms. The SMILES string of the molecule is Fc1cccc(-c2nc3c([nH]2)CN(Cc2cc(-c4ccc(C#CC5CCCC5)cc4)no2)N=C3)c1F. The van der Waals surface area contributed by atoms with Gasteiger partial charge >= 0.3 is 0 Å². The first-order valence-electron chi connectivity index (χ1n) is 12.0. The van der Waals surface area contributed by atoms with E-state index in [0.717, 1.165) is 28.6 Å². The van der Waals surface area contributed by atoms with Crippen LogP contribution in [0.2, 0.25) is 0 Å². The largest absolute Gasteiger partial charge is 0.359 e. The number of nitrogens with zero attached hydrogens (tertiary/aromatic N) is 4. The number of imidazole rings is 1. The summed E-state index contributed by atoms with van der Waals surface area (Å²) in [5, 5.41) is 10.4. The van der Waals surface area contributed by atoms with Gasteiger partial charge in [-0.15, -0.1) is 0 Å². The van der Waals surface area contributed by atoms with Gasteiger partial charge in [-0.1, -0.05) is 48.0 Å². The first-order valence-corrected chi connectivity index (χ1v) is 12.0. The van der Waals surface area contributed by atoms with Crippen molar-refractivity contribution in [3.8, 4) is 34.5 Å². The smallest absolute Gasteiger partial charge is 0.169 e. The predicted molar refractivity (Wildman–Crippen MR) is 132 cm³/mol. The van der Waals surface area contributed by atoms with Gasteiger partial charge in [0.2, 0.25) is 0 Å². The maximum atomic E-state index is 14.2. The Balaban J connectivity index is 1.12. The Hall–Kier alpha value is -4.25. The van der Waals surface area contributed by atoms with Crippen molar-refractivity contribution in [1.82, 2.24) is 20.1 Å². The summed E-state index contributed by atoms with van der Waals surface area (Å²) in [4.78, 5) is 7.46. The van der Waals surface area contributed by atoms with Crippen LogP contribution in [0.15, 0.2) is 58.2 Å². The Labute approximate surface area is 207 Å². The quantitative estimate of drug-likeness (QED) is 0.367. The Morgan fingerprint density at radius 2 is 1.92 bits per heavy atom. The van der Waals surface area contributed by atoms with E-state index in [1.807, 2.05) is 30.3 Å². The number of rotatable bonds is 4. The molecule has 6 rings (SSSR count). The Morgan fingerprint density at radius 3 is 2.75 bits per heavy atom. The Morgan fingerprint density at radius 1 is 1.08 bits per heavy atom. The fourth-order valence-electron chi connectivity index (χ4n) is 4.60. The molecule has 36 heavy (non-hydrogen) atoms. The highest BCUT2D eigenvalue weighted by molar-refractivity contribution is 5.80. The fraction of sp³-hybridized carbons (Fsp3) is 0.250. The summed E-state index contributed by atoms with van der Waals surface area (Å²) < 4.78 is 33.3. The van der Waals surface area contributed by atoms with E-state index in [4.69, 9.17) is 4.52 Å². The molecule has 1 fully saturated rings. The molecule has 0 radical (unpaired) electrons. The van der Waals surface area contributed by atoms with Crippen molar-refractivity contribution in [2.24, 2.45) is 11.0 Å². The molecule has 2 aliphatic rings. The van der Waals surface area contributed by atoms with Gasteiger partial charge in [-0.25, -0.2) is 13.8 Å². The number of fused-ring (bicyclic) bond motifs is 1. The number of hydrazone groups is 1. The molecule has 0 bridgehead atoms. The van der Waals surface area contributed by atoms with Crippen LogP contribution in [0.25, 0.3) is 22.6 Å². The summed E-state index contributed by atoms with van der Waals surface area (Å²) in [5.74, 6) is 6.29. The van der Waals surface area contributed by atoms with Crippen molar-refractivity contribution in [2.45, 2.75) is 38.8 Å². The van der Waals surface area contributed by atoms with Crippen LogP contribution in [-0.2, 0) is 13.1 Å². The molecule has 180 valence electrons. The van der Waals surface area contributed by atoms with Gasteiger partial charge in [0.15, 0.2) is 17.4 Å². The summed E-state index contributed by atoms with van der Waals surface area (Å²) >= 11 is 0. The molecular weight excluding hydrogens is 460 g/mol. The molecule has 8 heteroatoms. The first kappa shape index (κ1) is 22.2. The third-order valence-electron chi connectivity index (χ3n) is 6.56. The minimum Gasteiger partial charge on any atom is -0.359 e. The highest BCUT2D eigenvalue weighted by Gasteiger charge is 2.21. The molecule has 2 aromatic heterocycles. The number of aromatic nitrogens is 3. The van der Waals surface area contributed by atoms with Crippen LogP contribution in [0.1, 0.15) is 48.4 Å². The molecule has 0 unspecified atom stereocenters. The van der Waals surface area contributed by atoms with Gasteiger partial charge in [0.1, 0.15) is 17.2 Å². The van der Waals surface area contributed by atoms with Crippen LogP contribution in [0.5, 0.6) is 0 Å². The van der Waals surface area contributed by atoms with Gasteiger partial charge in [0.25, 0.3) is 0 Å². The third-order valence-corrected chi connectivity index (χ3v) is 6.56. The van der Waals surface area contributed by atoms with Crippen molar-refractivity contribution in [3.63, 3.8) is 0 Å². The predicted octanol–water partition coefficient (Wildman–Crippen LogP) is 5.90. The molecule has 0 amide bonds. The number of hydrogen-bond acceptors (Lipinski definition) is 5. The number of nitrogens with one attached hydrogen (secondary N) is 1. The highest BCUT2D eigenvalue weighted by Crippen LogP contribution is 2.27. The second kappa shape index (κ2) is 9.42. The van der Waals surface area contributed by atoms with Gasteiger partial charge in [-0.2, -0.15) is 5.10 Å². The average Bonchev–Trinajstić information content (AvgIpc) is 3.66.